The molecule has 0 aliphatic rings. The topological polar surface area (TPSA) is 58.2 Å². The van der Waals surface area contributed by atoms with E-state index >= 15 is 0 Å². The van der Waals surface area contributed by atoms with Crippen LogP contribution in [-0.4, -0.2) is 18.4 Å². The molecular formula is C17H16F2N2O2. The number of nitrogens with one attached hydrogen (secondary N) is 2. The summed E-state index contributed by atoms with van der Waals surface area (Å²) in [5, 5.41) is 5.10. The molecule has 0 aromatic heterocycles. The highest BCUT2D eigenvalue weighted by molar-refractivity contribution is 5.96. The van der Waals surface area contributed by atoms with Crippen molar-refractivity contribution in [3.8, 4) is 0 Å². The number of rotatable bonds is 5. The van der Waals surface area contributed by atoms with Crippen molar-refractivity contribution in [2.75, 3.05) is 6.54 Å². The summed E-state index contributed by atoms with van der Waals surface area (Å²) in [5.74, 6) is -2.70. The van der Waals surface area contributed by atoms with Crippen LogP contribution in [0, 0.1) is 11.6 Å². The van der Waals surface area contributed by atoms with Crippen molar-refractivity contribution in [3.05, 3.63) is 71.3 Å². The Kier molecular flexibility index (Phi) is 5.41. The van der Waals surface area contributed by atoms with E-state index in [4.69, 9.17) is 0 Å². The Morgan fingerprint density at radius 3 is 2.39 bits per heavy atom. The van der Waals surface area contributed by atoms with Crippen molar-refractivity contribution in [1.82, 2.24) is 10.6 Å². The van der Waals surface area contributed by atoms with E-state index in [2.05, 4.69) is 10.6 Å². The lowest BCUT2D eigenvalue weighted by Crippen LogP contribution is -2.38. The average molecular weight is 318 g/mol. The minimum atomic E-state index is -0.971. The largest absolute Gasteiger partial charge is 0.348 e. The van der Waals surface area contributed by atoms with Crippen molar-refractivity contribution < 1.29 is 18.4 Å². The molecule has 0 saturated heterocycles. The molecule has 0 aliphatic heterocycles. The van der Waals surface area contributed by atoms with E-state index in [1.807, 2.05) is 0 Å². The molecule has 0 spiro atoms. The summed E-state index contributed by atoms with van der Waals surface area (Å²) < 4.78 is 26.1. The molecule has 120 valence electrons. The molecule has 23 heavy (non-hydrogen) atoms. The van der Waals surface area contributed by atoms with E-state index in [0.29, 0.717) is 11.1 Å². The molecule has 2 aromatic carbocycles. The number of hydrogen-bond acceptors (Lipinski definition) is 2. The fourth-order valence-corrected chi connectivity index (χ4v) is 2.01. The molecule has 4 nitrogen and oxygen atoms in total. The SMILES string of the molecule is CC(NC(=O)CNC(=O)c1ccccc1)c1ccc(F)c(F)c1. The van der Waals surface area contributed by atoms with Gasteiger partial charge in [0.25, 0.3) is 5.91 Å². The predicted molar refractivity (Wildman–Crippen MR) is 81.7 cm³/mol. The molecule has 0 bridgehead atoms. The van der Waals surface area contributed by atoms with E-state index in [1.165, 1.54) is 6.07 Å². The molecule has 2 aromatic rings. The second-order valence-corrected chi connectivity index (χ2v) is 5.01. The van der Waals surface area contributed by atoms with Gasteiger partial charge < -0.3 is 10.6 Å². The van der Waals surface area contributed by atoms with Crippen molar-refractivity contribution in [3.63, 3.8) is 0 Å². The van der Waals surface area contributed by atoms with Gasteiger partial charge in [-0.3, -0.25) is 9.59 Å². The van der Waals surface area contributed by atoms with Gasteiger partial charge in [-0.1, -0.05) is 24.3 Å². The molecule has 6 heteroatoms. The third-order valence-corrected chi connectivity index (χ3v) is 3.27. The van der Waals surface area contributed by atoms with Gasteiger partial charge in [0.15, 0.2) is 11.6 Å². The first-order valence-electron chi connectivity index (χ1n) is 7.05. The fraction of sp³-hybridized carbons (Fsp3) is 0.176. The summed E-state index contributed by atoms with van der Waals surface area (Å²) in [7, 11) is 0. The maximum Gasteiger partial charge on any atom is 0.251 e. The van der Waals surface area contributed by atoms with Gasteiger partial charge in [-0.05, 0) is 36.8 Å². The number of benzene rings is 2. The highest BCUT2D eigenvalue weighted by atomic mass is 19.2. The highest BCUT2D eigenvalue weighted by Gasteiger charge is 2.13. The van der Waals surface area contributed by atoms with Gasteiger partial charge >= 0.3 is 0 Å². The van der Waals surface area contributed by atoms with Crippen LogP contribution in [0.3, 0.4) is 0 Å². The lowest BCUT2D eigenvalue weighted by Gasteiger charge is -2.15. The maximum absolute atomic E-state index is 13.2. The van der Waals surface area contributed by atoms with E-state index < -0.39 is 23.6 Å². The lowest BCUT2D eigenvalue weighted by molar-refractivity contribution is -0.120. The molecule has 2 N–H and O–H groups in total. The van der Waals surface area contributed by atoms with Crippen molar-refractivity contribution in [2.45, 2.75) is 13.0 Å². The number of carbonyl (C=O) groups excluding carboxylic acids is 2. The Bertz CT molecular complexity index is 705. The van der Waals surface area contributed by atoms with Crippen LogP contribution < -0.4 is 10.6 Å². The predicted octanol–water partition coefficient (Wildman–Crippen LogP) is 2.57. The molecule has 1 atom stereocenters. The summed E-state index contributed by atoms with van der Waals surface area (Å²) in [4.78, 5) is 23.6. The lowest BCUT2D eigenvalue weighted by atomic mass is 10.1. The van der Waals surface area contributed by atoms with Crippen LogP contribution in [0.2, 0.25) is 0 Å². The van der Waals surface area contributed by atoms with Crippen LogP contribution in [-0.2, 0) is 4.79 Å². The highest BCUT2D eigenvalue weighted by Crippen LogP contribution is 2.15. The standard InChI is InChI=1S/C17H16F2N2O2/c1-11(13-7-8-14(18)15(19)9-13)21-16(22)10-20-17(23)12-5-3-2-4-6-12/h2-9,11H,10H2,1H3,(H,20,23)(H,21,22). The summed E-state index contributed by atoms with van der Waals surface area (Å²) in [5.41, 5.74) is 0.889. The Morgan fingerprint density at radius 1 is 1.04 bits per heavy atom. The zero-order valence-electron chi connectivity index (χ0n) is 12.5. The van der Waals surface area contributed by atoms with Gasteiger partial charge in [0.1, 0.15) is 0 Å². The van der Waals surface area contributed by atoms with Crippen molar-refractivity contribution in [1.29, 1.82) is 0 Å². The number of carbonyl (C=O) groups is 2. The van der Waals surface area contributed by atoms with Gasteiger partial charge in [-0.15, -0.1) is 0 Å². The van der Waals surface area contributed by atoms with Gasteiger partial charge in [-0.2, -0.15) is 0 Å². The summed E-state index contributed by atoms with van der Waals surface area (Å²) in [6.45, 7) is 1.44. The Labute approximate surface area is 132 Å². The average Bonchev–Trinajstić information content (AvgIpc) is 2.55. The first kappa shape index (κ1) is 16.6. The van der Waals surface area contributed by atoms with Gasteiger partial charge in [0, 0.05) is 5.56 Å². The summed E-state index contributed by atoms with van der Waals surface area (Å²) >= 11 is 0. The molecule has 0 saturated carbocycles. The van der Waals surface area contributed by atoms with Gasteiger partial charge in [-0.25, -0.2) is 8.78 Å². The normalized spacial score (nSPS) is 11.6. The minimum absolute atomic E-state index is 0.207. The third kappa shape index (κ3) is 4.60. The van der Waals surface area contributed by atoms with Crippen molar-refractivity contribution in [2.24, 2.45) is 0 Å². The number of halogens is 2. The van der Waals surface area contributed by atoms with E-state index in [-0.39, 0.29) is 12.5 Å². The molecule has 2 amide bonds. The van der Waals surface area contributed by atoms with Crippen LogP contribution in [0.1, 0.15) is 28.9 Å². The Balaban J connectivity index is 1.87. The minimum Gasteiger partial charge on any atom is -0.348 e. The first-order valence-corrected chi connectivity index (χ1v) is 7.05. The number of hydrogen-bond donors (Lipinski definition) is 2. The molecular weight excluding hydrogens is 302 g/mol. The molecule has 0 heterocycles. The summed E-state index contributed by atoms with van der Waals surface area (Å²) in [6.07, 6.45) is 0. The Hall–Kier alpha value is -2.76. The van der Waals surface area contributed by atoms with Crippen LogP contribution in [0.15, 0.2) is 48.5 Å². The molecule has 0 fully saturated rings. The fourth-order valence-electron chi connectivity index (χ4n) is 2.01. The smallest absolute Gasteiger partial charge is 0.251 e. The third-order valence-electron chi connectivity index (χ3n) is 3.27. The van der Waals surface area contributed by atoms with E-state index in [9.17, 15) is 18.4 Å². The van der Waals surface area contributed by atoms with E-state index in [1.54, 1.807) is 37.3 Å². The summed E-state index contributed by atoms with van der Waals surface area (Å²) in [6, 6.07) is 11.4. The van der Waals surface area contributed by atoms with E-state index in [0.717, 1.165) is 12.1 Å². The van der Waals surface area contributed by atoms with Crippen LogP contribution >= 0.6 is 0 Å². The molecule has 0 radical (unpaired) electrons. The van der Waals surface area contributed by atoms with Crippen LogP contribution in [0.5, 0.6) is 0 Å². The quantitative estimate of drug-likeness (QED) is 0.890. The zero-order valence-corrected chi connectivity index (χ0v) is 12.5. The second kappa shape index (κ2) is 7.49. The van der Waals surface area contributed by atoms with Gasteiger partial charge in [0.05, 0.1) is 12.6 Å². The monoisotopic (exact) mass is 318 g/mol. The first-order chi connectivity index (χ1) is 11.0. The maximum atomic E-state index is 13.2. The molecule has 2 rings (SSSR count). The molecule has 0 aliphatic carbocycles. The van der Waals surface area contributed by atoms with Gasteiger partial charge in [0.2, 0.25) is 5.91 Å². The number of amides is 2. The van der Waals surface area contributed by atoms with Crippen LogP contribution in [0.25, 0.3) is 0 Å². The second-order valence-electron chi connectivity index (χ2n) is 5.01. The van der Waals surface area contributed by atoms with Crippen molar-refractivity contribution >= 4 is 11.8 Å². The Morgan fingerprint density at radius 2 is 1.74 bits per heavy atom. The molecule has 1 unspecified atom stereocenters. The van der Waals surface area contributed by atoms with Crippen LogP contribution in [0.4, 0.5) is 8.78 Å². The zero-order chi connectivity index (χ0) is 16.8.